The standard InChI is InChI=1S/C25H28O12/c1-11-16(28)8-14-15(23(32)33)10-34-24(19(11)14)37-25-22(21(31)20(30)17(9-26)35-25)36-18(29)7-4-12-2-5-13(27)6-3-12/h2-7,10,14,16-17,19-22,24-28,30-31H,1,8-9H2,(H,32,33)/b7-4+/t14-,16-,17-,19+,20+,21+,22+,24-,25+/m0/s1. The number of ether oxygens (including phenoxy) is 4. The third-order valence-electron chi connectivity index (χ3n) is 6.69. The lowest BCUT2D eigenvalue weighted by molar-refractivity contribution is -0.340. The molecule has 0 unspecified atom stereocenters. The van der Waals surface area contributed by atoms with Crippen LogP contribution in [0, 0.1) is 11.8 Å². The number of phenolic OH excluding ortho intramolecular Hbond substituents is 1. The second-order valence-corrected chi connectivity index (χ2v) is 9.01. The molecule has 0 amide bonds. The van der Waals surface area contributed by atoms with E-state index in [1.165, 1.54) is 18.2 Å². The first kappa shape index (κ1) is 26.8. The third-order valence-corrected chi connectivity index (χ3v) is 6.69. The molecule has 0 radical (unpaired) electrons. The van der Waals surface area contributed by atoms with Gasteiger partial charge in [0.2, 0.25) is 12.6 Å². The normalized spacial score (nSPS) is 35.5. The molecule has 0 spiro atoms. The van der Waals surface area contributed by atoms with Crippen molar-refractivity contribution in [3.8, 4) is 5.75 Å². The topological polar surface area (TPSA) is 192 Å². The van der Waals surface area contributed by atoms with E-state index >= 15 is 0 Å². The predicted molar refractivity (Wildman–Crippen MR) is 123 cm³/mol. The van der Waals surface area contributed by atoms with Crippen molar-refractivity contribution in [3.05, 3.63) is 59.9 Å². The summed E-state index contributed by atoms with van der Waals surface area (Å²) in [6, 6.07) is 5.96. The van der Waals surface area contributed by atoms with E-state index in [4.69, 9.17) is 18.9 Å². The van der Waals surface area contributed by atoms with Gasteiger partial charge in [-0.25, -0.2) is 9.59 Å². The first-order valence-electron chi connectivity index (χ1n) is 11.5. The summed E-state index contributed by atoms with van der Waals surface area (Å²) in [5, 5.41) is 59.7. The number of aromatic hydroxyl groups is 1. The van der Waals surface area contributed by atoms with Gasteiger partial charge in [0.15, 0.2) is 6.10 Å². The molecule has 12 heteroatoms. The van der Waals surface area contributed by atoms with Gasteiger partial charge >= 0.3 is 11.9 Å². The van der Waals surface area contributed by atoms with Gasteiger partial charge in [0, 0.05) is 12.0 Å². The molecular formula is C25H28O12. The minimum absolute atomic E-state index is 0.0459. The van der Waals surface area contributed by atoms with E-state index in [-0.39, 0.29) is 23.3 Å². The molecule has 200 valence electrons. The number of aliphatic hydroxyl groups is 4. The molecule has 0 aromatic heterocycles. The monoisotopic (exact) mass is 520 g/mol. The second-order valence-electron chi connectivity index (χ2n) is 9.01. The minimum Gasteiger partial charge on any atom is -0.508 e. The quantitative estimate of drug-likeness (QED) is 0.156. The predicted octanol–water partition coefficient (Wildman–Crippen LogP) is -0.349. The molecular weight excluding hydrogens is 492 g/mol. The van der Waals surface area contributed by atoms with Gasteiger partial charge in [0.25, 0.3) is 0 Å². The van der Waals surface area contributed by atoms with E-state index in [9.17, 15) is 40.2 Å². The maximum atomic E-state index is 12.5. The molecule has 2 heterocycles. The molecule has 3 aliphatic rings. The van der Waals surface area contributed by atoms with Crippen LogP contribution in [-0.2, 0) is 28.5 Å². The number of carboxylic acid groups (broad SMARTS) is 1. The Morgan fingerprint density at radius 1 is 1.11 bits per heavy atom. The first-order valence-corrected chi connectivity index (χ1v) is 11.5. The molecule has 2 aliphatic heterocycles. The van der Waals surface area contributed by atoms with Crippen LogP contribution in [0.3, 0.4) is 0 Å². The van der Waals surface area contributed by atoms with Crippen LogP contribution in [0.2, 0.25) is 0 Å². The summed E-state index contributed by atoms with van der Waals surface area (Å²) >= 11 is 0. The SMILES string of the molecule is C=C1[C@H]2[C@H](O[C@H]3O[C@@H](CO)[C@@H](O)[C@@H](O)[C@H]3OC(=O)/C=C/c3ccc(O)cc3)OC=C(C(=O)O)[C@@H]2C[C@@H]1O. The Balaban J connectivity index is 1.54. The number of hydrogen-bond acceptors (Lipinski definition) is 11. The highest BCUT2D eigenvalue weighted by molar-refractivity contribution is 5.88. The number of phenols is 1. The van der Waals surface area contributed by atoms with E-state index in [1.54, 1.807) is 12.1 Å². The van der Waals surface area contributed by atoms with Crippen LogP contribution in [0.15, 0.2) is 54.3 Å². The highest BCUT2D eigenvalue weighted by atomic mass is 16.8. The van der Waals surface area contributed by atoms with Gasteiger partial charge in [0.05, 0.1) is 30.5 Å². The number of carbonyl (C=O) groups excluding carboxylic acids is 1. The summed E-state index contributed by atoms with van der Waals surface area (Å²) in [5.74, 6) is -3.57. The maximum Gasteiger partial charge on any atom is 0.334 e. The fourth-order valence-corrected chi connectivity index (χ4v) is 4.69. The van der Waals surface area contributed by atoms with Gasteiger partial charge in [0.1, 0.15) is 24.1 Å². The molecule has 1 aromatic carbocycles. The van der Waals surface area contributed by atoms with E-state index in [0.29, 0.717) is 5.56 Å². The lowest BCUT2D eigenvalue weighted by atomic mass is 9.85. The van der Waals surface area contributed by atoms with Crippen LogP contribution >= 0.6 is 0 Å². The molecule has 1 saturated heterocycles. The van der Waals surface area contributed by atoms with Crippen molar-refractivity contribution in [2.45, 2.75) is 49.5 Å². The maximum absolute atomic E-state index is 12.5. The molecule has 9 atom stereocenters. The molecule has 1 aliphatic carbocycles. The van der Waals surface area contributed by atoms with E-state index in [0.717, 1.165) is 12.3 Å². The summed E-state index contributed by atoms with van der Waals surface area (Å²) < 4.78 is 22.3. The number of benzene rings is 1. The Kier molecular flexibility index (Phi) is 7.97. The van der Waals surface area contributed by atoms with Gasteiger partial charge in [-0.3, -0.25) is 0 Å². The average Bonchev–Trinajstić information content (AvgIpc) is 3.17. The fourth-order valence-electron chi connectivity index (χ4n) is 4.69. The first-order chi connectivity index (χ1) is 17.6. The van der Waals surface area contributed by atoms with E-state index < -0.39 is 73.5 Å². The highest BCUT2D eigenvalue weighted by Gasteiger charge is 2.53. The van der Waals surface area contributed by atoms with E-state index in [1.807, 2.05) is 0 Å². The Morgan fingerprint density at radius 2 is 1.81 bits per heavy atom. The van der Waals surface area contributed by atoms with Gasteiger partial charge in [-0.15, -0.1) is 0 Å². The van der Waals surface area contributed by atoms with Crippen molar-refractivity contribution < 1.29 is 59.2 Å². The molecule has 0 bridgehead atoms. The molecule has 1 saturated carbocycles. The summed E-state index contributed by atoms with van der Waals surface area (Å²) in [5.41, 5.74) is 0.782. The van der Waals surface area contributed by atoms with Crippen LogP contribution in [0.1, 0.15) is 12.0 Å². The van der Waals surface area contributed by atoms with Crippen molar-refractivity contribution in [3.63, 3.8) is 0 Å². The largest absolute Gasteiger partial charge is 0.508 e. The summed E-state index contributed by atoms with van der Waals surface area (Å²) in [7, 11) is 0. The van der Waals surface area contributed by atoms with Gasteiger partial charge in [-0.2, -0.15) is 0 Å². The molecule has 37 heavy (non-hydrogen) atoms. The highest BCUT2D eigenvalue weighted by Crippen LogP contribution is 2.46. The molecule has 2 fully saturated rings. The van der Waals surface area contributed by atoms with Crippen LogP contribution in [0.25, 0.3) is 6.08 Å². The lowest BCUT2D eigenvalue weighted by Gasteiger charge is -2.43. The summed E-state index contributed by atoms with van der Waals surface area (Å²) in [4.78, 5) is 24.2. The van der Waals surface area contributed by atoms with Gasteiger partial charge < -0.3 is 49.6 Å². The van der Waals surface area contributed by atoms with Crippen LogP contribution in [0.5, 0.6) is 5.75 Å². The van der Waals surface area contributed by atoms with Crippen LogP contribution in [0.4, 0.5) is 0 Å². The Labute approximate surface area is 211 Å². The summed E-state index contributed by atoms with van der Waals surface area (Å²) in [6.07, 6.45) is -6.44. The number of carboxylic acids is 1. The average molecular weight is 520 g/mol. The van der Waals surface area contributed by atoms with Crippen molar-refractivity contribution in [1.29, 1.82) is 0 Å². The van der Waals surface area contributed by atoms with Crippen molar-refractivity contribution >= 4 is 18.0 Å². The second kappa shape index (κ2) is 11.0. The zero-order chi connectivity index (χ0) is 26.9. The number of fused-ring (bicyclic) bond motifs is 1. The van der Waals surface area contributed by atoms with Crippen molar-refractivity contribution in [2.75, 3.05) is 6.61 Å². The molecule has 6 N–H and O–H groups in total. The molecule has 1 aromatic rings. The fraction of sp³-hybridized carbons (Fsp3) is 0.440. The zero-order valence-electron chi connectivity index (χ0n) is 19.5. The molecule has 12 nitrogen and oxygen atoms in total. The minimum atomic E-state index is -1.72. The Morgan fingerprint density at radius 3 is 2.46 bits per heavy atom. The van der Waals surface area contributed by atoms with Crippen LogP contribution < -0.4 is 0 Å². The number of rotatable bonds is 7. The number of aliphatic hydroxyl groups excluding tert-OH is 4. The van der Waals surface area contributed by atoms with Crippen LogP contribution in [-0.4, -0.2) is 92.3 Å². The smallest absolute Gasteiger partial charge is 0.334 e. The number of hydrogen-bond donors (Lipinski definition) is 6. The van der Waals surface area contributed by atoms with Gasteiger partial charge in [-0.1, -0.05) is 18.7 Å². The summed E-state index contributed by atoms with van der Waals surface area (Å²) in [6.45, 7) is 3.14. The molecule has 4 rings (SSSR count). The lowest BCUT2D eigenvalue weighted by Crippen LogP contribution is -2.61. The third kappa shape index (κ3) is 5.54. The number of esters is 1. The Hall–Kier alpha value is -3.26. The Bertz CT molecular complexity index is 1080. The van der Waals surface area contributed by atoms with Crippen molar-refractivity contribution in [1.82, 2.24) is 0 Å². The van der Waals surface area contributed by atoms with E-state index in [2.05, 4.69) is 6.58 Å². The number of aliphatic carboxylic acids is 1. The zero-order valence-corrected chi connectivity index (χ0v) is 19.5. The van der Waals surface area contributed by atoms with Gasteiger partial charge in [-0.05, 0) is 35.8 Å². The van der Waals surface area contributed by atoms with Crippen molar-refractivity contribution in [2.24, 2.45) is 11.8 Å². The number of carbonyl (C=O) groups is 2.